The van der Waals surface area contributed by atoms with Crippen molar-refractivity contribution in [2.75, 3.05) is 12.3 Å². The number of hydrogen-bond donors (Lipinski definition) is 4. The second kappa shape index (κ2) is 9.22. The summed E-state index contributed by atoms with van der Waals surface area (Å²) in [5, 5.41) is 7.98. The highest BCUT2D eigenvalue weighted by atomic mass is 16.2. The molecule has 26 heavy (non-hydrogen) atoms. The number of carbonyl (C=O) groups is 3. The lowest BCUT2D eigenvalue weighted by Gasteiger charge is -2.08. The van der Waals surface area contributed by atoms with Crippen LogP contribution in [-0.4, -0.2) is 24.3 Å². The maximum atomic E-state index is 12.1. The lowest BCUT2D eigenvalue weighted by Crippen LogP contribution is -2.36. The average molecular weight is 354 g/mol. The molecule has 0 radical (unpaired) electrons. The highest BCUT2D eigenvalue weighted by molar-refractivity contribution is 5.96. The maximum Gasteiger partial charge on any atom is 0.251 e. The third kappa shape index (κ3) is 6.27. The molecule has 0 atom stereocenters. The Bertz CT molecular complexity index is 770. The number of nitrogen functional groups attached to an aromatic ring is 1. The van der Waals surface area contributed by atoms with Crippen molar-refractivity contribution in [3.05, 3.63) is 65.2 Å². The molecule has 2 aromatic rings. The molecule has 2 rings (SSSR count). The largest absolute Gasteiger partial charge is 0.399 e. The Morgan fingerprint density at radius 3 is 1.92 bits per heavy atom. The van der Waals surface area contributed by atoms with Crippen LogP contribution in [0.3, 0.4) is 0 Å². The first-order valence-electron chi connectivity index (χ1n) is 8.17. The van der Waals surface area contributed by atoms with Gasteiger partial charge in [-0.3, -0.25) is 14.4 Å². The zero-order valence-electron chi connectivity index (χ0n) is 14.5. The van der Waals surface area contributed by atoms with Crippen molar-refractivity contribution in [3.63, 3.8) is 0 Å². The Kier molecular flexibility index (Phi) is 6.73. The van der Waals surface area contributed by atoms with Gasteiger partial charge >= 0.3 is 0 Å². The molecule has 0 aromatic heterocycles. The number of nitrogens with two attached hydrogens (primary N) is 1. The smallest absolute Gasteiger partial charge is 0.251 e. The first-order chi connectivity index (χ1) is 12.4. The van der Waals surface area contributed by atoms with Crippen molar-refractivity contribution >= 4 is 23.4 Å². The zero-order chi connectivity index (χ0) is 18.9. The van der Waals surface area contributed by atoms with Crippen molar-refractivity contribution in [2.45, 2.75) is 20.0 Å². The van der Waals surface area contributed by atoms with E-state index in [0.717, 1.165) is 11.1 Å². The summed E-state index contributed by atoms with van der Waals surface area (Å²) >= 11 is 0. The van der Waals surface area contributed by atoms with Crippen molar-refractivity contribution in [3.8, 4) is 0 Å². The Hall–Kier alpha value is -3.35. The SMILES string of the molecule is CC(=O)NCc1ccc(C(=O)NCC(=O)NCc2ccc(N)cc2)cc1. The van der Waals surface area contributed by atoms with Crippen molar-refractivity contribution in [1.82, 2.24) is 16.0 Å². The third-order valence-corrected chi connectivity index (χ3v) is 3.64. The standard InChI is InChI=1S/C19H22N4O3/c1-13(24)21-10-14-2-6-16(7-3-14)19(26)23-12-18(25)22-11-15-4-8-17(20)9-5-15/h2-9H,10-12,20H2,1H3,(H,21,24)(H,22,25)(H,23,26). The van der Waals surface area contributed by atoms with E-state index >= 15 is 0 Å². The highest BCUT2D eigenvalue weighted by Gasteiger charge is 2.08. The molecule has 0 fully saturated rings. The second-order valence-corrected chi connectivity index (χ2v) is 5.81. The molecule has 0 saturated heterocycles. The summed E-state index contributed by atoms with van der Waals surface area (Å²) in [6.07, 6.45) is 0. The van der Waals surface area contributed by atoms with Crippen LogP contribution in [0.15, 0.2) is 48.5 Å². The highest BCUT2D eigenvalue weighted by Crippen LogP contribution is 2.05. The Labute approximate surface area is 152 Å². The summed E-state index contributed by atoms with van der Waals surface area (Å²) in [6.45, 7) is 2.11. The molecule has 7 heteroatoms. The van der Waals surface area contributed by atoms with E-state index in [1.165, 1.54) is 6.92 Å². The predicted octanol–water partition coefficient (Wildman–Crippen LogP) is 0.951. The van der Waals surface area contributed by atoms with Crippen molar-refractivity contribution in [2.24, 2.45) is 0 Å². The van der Waals surface area contributed by atoms with E-state index < -0.39 is 0 Å². The fraction of sp³-hybridized carbons (Fsp3) is 0.211. The van der Waals surface area contributed by atoms with Crippen LogP contribution in [0.25, 0.3) is 0 Å². The molecule has 0 heterocycles. The minimum Gasteiger partial charge on any atom is -0.399 e. The number of rotatable bonds is 7. The van der Waals surface area contributed by atoms with Crippen LogP contribution < -0.4 is 21.7 Å². The summed E-state index contributed by atoms with van der Waals surface area (Å²) in [5.41, 5.74) is 8.53. The van der Waals surface area contributed by atoms with Crippen molar-refractivity contribution in [1.29, 1.82) is 0 Å². The van der Waals surface area contributed by atoms with Crippen LogP contribution in [0.2, 0.25) is 0 Å². The van der Waals surface area contributed by atoms with Crippen LogP contribution in [-0.2, 0) is 22.7 Å². The van der Waals surface area contributed by atoms with Gasteiger partial charge in [0.25, 0.3) is 5.91 Å². The van der Waals surface area contributed by atoms with Gasteiger partial charge in [-0.2, -0.15) is 0 Å². The van der Waals surface area contributed by atoms with Gasteiger partial charge in [-0.15, -0.1) is 0 Å². The molecular weight excluding hydrogens is 332 g/mol. The van der Waals surface area contributed by atoms with Crippen LogP contribution in [0.5, 0.6) is 0 Å². The predicted molar refractivity (Wildman–Crippen MR) is 99.0 cm³/mol. The van der Waals surface area contributed by atoms with E-state index in [0.29, 0.717) is 24.3 Å². The Balaban J connectivity index is 1.75. The summed E-state index contributed by atoms with van der Waals surface area (Å²) in [7, 11) is 0. The Morgan fingerprint density at radius 2 is 1.35 bits per heavy atom. The van der Waals surface area contributed by atoms with E-state index in [4.69, 9.17) is 5.73 Å². The van der Waals surface area contributed by atoms with Gasteiger partial charge in [0.1, 0.15) is 0 Å². The first kappa shape index (κ1) is 19.0. The molecule has 0 saturated carbocycles. The summed E-state index contributed by atoms with van der Waals surface area (Å²) in [4.78, 5) is 34.8. The van der Waals surface area contributed by atoms with E-state index in [9.17, 15) is 14.4 Å². The number of hydrogen-bond acceptors (Lipinski definition) is 4. The Morgan fingerprint density at radius 1 is 0.808 bits per heavy atom. The van der Waals surface area contributed by atoms with Gasteiger partial charge in [-0.05, 0) is 35.4 Å². The lowest BCUT2D eigenvalue weighted by molar-refractivity contribution is -0.120. The molecule has 3 amide bonds. The molecule has 0 unspecified atom stereocenters. The van der Waals surface area contributed by atoms with Gasteiger partial charge in [0.05, 0.1) is 6.54 Å². The molecule has 0 bridgehead atoms. The third-order valence-electron chi connectivity index (χ3n) is 3.64. The number of amides is 3. The maximum absolute atomic E-state index is 12.1. The quantitative estimate of drug-likeness (QED) is 0.554. The lowest BCUT2D eigenvalue weighted by atomic mass is 10.1. The van der Waals surface area contributed by atoms with Crippen LogP contribution in [0, 0.1) is 0 Å². The molecule has 0 aliphatic carbocycles. The van der Waals surface area contributed by atoms with Crippen LogP contribution in [0.1, 0.15) is 28.4 Å². The fourth-order valence-corrected chi connectivity index (χ4v) is 2.16. The molecule has 0 spiro atoms. The zero-order valence-corrected chi connectivity index (χ0v) is 14.5. The number of benzene rings is 2. The molecular formula is C19H22N4O3. The molecule has 0 aliphatic heterocycles. The monoisotopic (exact) mass is 354 g/mol. The molecule has 0 aliphatic rings. The summed E-state index contributed by atoms with van der Waals surface area (Å²) in [5.74, 6) is -0.729. The van der Waals surface area contributed by atoms with Gasteiger partial charge in [0.2, 0.25) is 11.8 Å². The van der Waals surface area contributed by atoms with Gasteiger partial charge in [-0.25, -0.2) is 0 Å². The topological polar surface area (TPSA) is 113 Å². The van der Waals surface area contributed by atoms with Gasteiger partial charge < -0.3 is 21.7 Å². The van der Waals surface area contributed by atoms with Crippen LogP contribution >= 0.6 is 0 Å². The van der Waals surface area contributed by atoms with E-state index in [1.54, 1.807) is 36.4 Å². The average Bonchev–Trinajstić information content (AvgIpc) is 2.64. The van der Waals surface area contributed by atoms with E-state index in [-0.39, 0.29) is 24.3 Å². The summed E-state index contributed by atoms with van der Waals surface area (Å²) in [6, 6.07) is 14.0. The molecule has 2 aromatic carbocycles. The van der Waals surface area contributed by atoms with Crippen LogP contribution in [0.4, 0.5) is 5.69 Å². The molecule has 7 nitrogen and oxygen atoms in total. The number of nitrogens with one attached hydrogen (secondary N) is 3. The number of anilines is 1. The fourth-order valence-electron chi connectivity index (χ4n) is 2.16. The van der Waals surface area contributed by atoms with E-state index in [2.05, 4.69) is 16.0 Å². The normalized spacial score (nSPS) is 10.0. The van der Waals surface area contributed by atoms with Crippen molar-refractivity contribution < 1.29 is 14.4 Å². The minimum absolute atomic E-state index is 0.110. The number of carbonyl (C=O) groups excluding carboxylic acids is 3. The summed E-state index contributed by atoms with van der Waals surface area (Å²) < 4.78 is 0. The van der Waals surface area contributed by atoms with Gasteiger partial charge in [0, 0.05) is 31.3 Å². The minimum atomic E-state index is -0.335. The van der Waals surface area contributed by atoms with E-state index in [1.807, 2.05) is 12.1 Å². The first-order valence-corrected chi connectivity index (χ1v) is 8.17. The second-order valence-electron chi connectivity index (χ2n) is 5.81. The van der Waals surface area contributed by atoms with Gasteiger partial charge in [-0.1, -0.05) is 24.3 Å². The molecule has 5 N–H and O–H groups in total. The van der Waals surface area contributed by atoms with Gasteiger partial charge in [0.15, 0.2) is 0 Å². The molecule has 136 valence electrons.